The van der Waals surface area contributed by atoms with Gasteiger partial charge in [-0.1, -0.05) is 24.3 Å². The summed E-state index contributed by atoms with van der Waals surface area (Å²) >= 11 is 0. The second-order valence-corrected chi connectivity index (χ2v) is 3.51. The van der Waals surface area contributed by atoms with Crippen molar-refractivity contribution in [3.8, 4) is 0 Å². The van der Waals surface area contributed by atoms with Gasteiger partial charge in [-0.25, -0.2) is 0 Å². The van der Waals surface area contributed by atoms with E-state index in [1.807, 2.05) is 24.3 Å². The molecule has 0 bridgehead atoms. The van der Waals surface area contributed by atoms with Crippen LogP contribution in [0.3, 0.4) is 0 Å². The fourth-order valence-electron chi connectivity index (χ4n) is 1.40. The standard InChI is InChI=1S/C11H13N3O/c1-8(15)6-12-11-10-5-3-2-4-9(10)7-13-14-11/h2-5,7-8,15H,6H2,1H3,(H,12,14). The molecule has 4 nitrogen and oxygen atoms in total. The monoisotopic (exact) mass is 203 g/mol. The van der Waals surface area contributed by atoms with Crippen molar-refractivity contribution in [3.63, 3.8) is 0 Å². The number of hydrogen-bond donors (Lipinski definition) is 2. The largest absolute Gasteiger partial charge is 0.392 e. The molecule has 0 spiro atoms. The average Bonchev–Trinajstić information content (AvgIpc) is 2.26. The molecule has 0 aliphatic rings. The molecule has 0 amide bonds. The van der Waals surface area contributed by atoms with E-state index in [-0.39, 0.29) is 0 Å². The van der Waals surface area contributed by atoms with Crippen LogP contribution in [-0.4, -0.2) is 28.0 Å². The lowest BCUT2D eigenvalue weighted by atomic mass is 10.2. The predicted molar refractivity (Wildman–Crippen MR) is 59.7 cm³/mol. The number of aliphatic hydroxyl groups is 1. The summed E-state index contributed by atoms with van der Waals surface area (Å²) in [7, 11) is 0. The predicted octanol–water partition coefficient (Wildman–Crippen LogP) is 1.42. The van der Waals surface area contributed by atoms with Crippen LogP contribution in [0, 0.1) is 0 Å². The molecular formula is C11H13N3O. The van der Waals surface area contributed by atoms with Crippen molar-refractivity contribution in [2.75, 3.05) is 11.9 Å². The van der Waals surface area contributed by atoms with Crippen molar-refractivity contribution in [3.05, 3.63) is 30.5 Å². The summed E-state index contributed by atoms with van der Waals surface area (Å²) < 4.78 is 0. The van der Waals surface area contributed by atoms with E-state index in [2.05, 4.69) is 15.5 Å². The third-order valence-corrected chi connectivity index (χ3v) is 2.14. The smallest absolute Gasteiger partial charge is 0.156 e. The van der Waals surface area contributed by atoms with Crippen molar-refractivity contribution < 1.29 is 5.11 Å². The first kappa shape index (κ1) is 9.86. The van der Waals surface area contributed by atoms with Gasteiger partial charge < -0.3 is 10.4 Å². The fourth-order valence-corrected chi connectivity index (χ4v) is 1.40. The van der Waals surface area contributed by atoms with E-state index >= 15 is 0 Å². The Balaban J connectivity index is 2.34. The molecule has 0 saturated carbocycles. The number of anilines is 1. The van der Waals surface area contributed by atoms with Gasteiger partial charge in [-0.05, 0) is 6.92 Å². The summed E-state index contributed by atoms with van der Waals surface area (Å²) in [6.07, 6.45) is 1.33. The zero-order valence-electron chi connectivity index (χ0n) is 8.51. The zero-order valence-corrected chi connectivity index (χ0v) is 8.51. The molecule has 0 fully saturated rings. The molecule has 1 aromatic carbocycles. The normalized spacial score (nSPS) is 12.7. The SMILES string of the molecule is CC(O)CNc1nncc2ccccc12. The summed E-state index contributed by atoms with van der Waals surface area (Å²) in [6.45, 7) is 2.20. The number of hydrogen-bond acceptors (Lipinski definition) is 4. The number of nitrogens with one attached hydrogen (secondary N) is 1. The molecule has 0 aliphatic carbocycles. The van der Waals surface area contributed by atoms with E-state index in [1.54, 1.807) is 13.1 Å². The van der Waals surface area contributed by atoms with Gasteiger partial charge in [-0.15, -0.1) is 5.10 Å². The van der Waals surface area contributed by atoms with Gasteiger partial charge >= 0.3 is 0 Å². The van der Waals surface area contributed by atoms with E-state index in [0.717, 1.165) is 10.8 Å². The molecule has 1 unspecified atom stereocenters. The molecule has 0 saturated heterocycles. The Morgan fingerprint density at radius 2 is 2.20 bits per heavy atom. The van der Waals surface area contributed by atoms with Crippen LogP contribution in [0.4, 0.5) is 5.82 Å². The third kappa shape index (κ3) is 2.22. The molecule has 4 heteroatoms. The summed E-state index contributed by atoms with van der Waals surface area (Å²) in [6, 6.07) is 7.88. The number of aromatic nitrogens is 2. The summed E-state index contributed by atoms with van der Waals surface area (Å²) in [5.74, 6) is 0.717. The van der Waals surface area contributed by atoms with Crippen LogP contribution in [0.15, 0.2) is 30.5 Å². The lowest BCUT2D eigenvalue weighted by Crippen LogP contribution is -2.16. The Bertz CT molecular complexity index is 451. The highest BCUT2D eigenvalue weighted by Crippen LogP contribution is 2.18. The van der Waals surface area contributed by atoms with Crippen LogP contribution in [-0.2, 0) is 0 Å². The Labute approximate surface area is 88.0 Å². The number of nitrogens with zero attached hydrogens (tertiary/aromatic N) is 2. The highest BCUT2D eigenvalue weighted by Gasteiger charge is 2.02. The van der Waals surface area contributed by atoms with Crippen LogP contribution in [0.25, 0.3) is 10.8 Å². The number of rotatable bonds is 3. The minimum atomic E-state index is -0.397. The van der Waals surface area contributed by atoms with Gasteiger partial charge in [0.05, 0.1) is 12.3 Å². The topological polar surface area (TPSA) is 58.0 Å². The number of aliphatic hydroxyl groups excluding tert-OH is 1. The Kier molecular flexibility index (Phi) is 2.78. The van der Waals surface area contributed by atoms with E-state index in [4.69, 9.17) is 0 Å². The highest BCUT2D eigenvalue weighted by molar-refractivity contribution is 5.90. The second-order valence-electron chi connectivity index (χ2n) is 3.51. The molecule has 1 atom stereocenters. The number of benzene rings is 1. The summed E-state index contributed by atoms with van der Waals surface area (Å²) in [4.78, 5) is 0. The maximum Gasteiger partial charge on any atom is 0.156 e. The summed E-state index contributed by atoms with van der Waals surface area (Å²) in [5, 5.41) is 22.2. The molecule has 1 heterocycles. The maximum absolute atomic E-state index is 9.18. The molecule has 1 aromatic heterocycles. The minimum Gasteiger partial charge on any atom is -0.392 e. The van der Waals surface area contributed by atoms with E-state index < -0.39 is 6.10 Å². The molecule has 2 N–H and O–H groups in total. The minimum absolute atomic E-state index is 0.397. The Hall–Kier alpha value is -1.68. The fraction of sp³-hybridized carbons (Fsp3) is 0.273. The first-order valence-corrected chi connectivity index (χ1v) is 4.90. The first-order valence-electron chi connectivity index (χ1n) is 4.90. The molecular weight excluding hydrogens is 190 g/mol. The maximum atomic E-state index is 9.18. The van der Waals surface area contributed by atoms with Crippen molar-refractivity contribution in [1.29, 1.82) is 0 Å². The molecule has 0 radical (unpaired) electrons. The van der Waals surface area contributed by atoms with Crippen molar-refractivity contribution in [2.45, 2.75) is 13.0 Å². The lowest BCUT2D eigenvalue weighted by Gasteiger charge is -2.08. The quantitative estimate of drug-likeness (QED) is 0.792. The van der Waals surface area contributed by atoms with Crippen LogP contribution in [0.2, 0.25) is 0 Å². The molecule has 0 aliphatic heterocycles. The molecule has 78 valence electrons. The van der Waals surface area contributed by atoms with Gasteiger partial charge in [0.15, 0.2) is 5.82 Å². The zero-order chi connectivity index (χ0) is 10.7. The first-order chi connectivity index (χ1) is 7.27. The molecule has 2 rings (SSSR count). The van der Waals surface area contributed by atoms with Gasteiger partial charge in [0.25, 0.3) is 0 Å². The van der Waals surface area contributed by atoms with Gasteiger partial charge in [-0.2, -0.15) is 5.10 Å². The van der Waals surface area contributed by atoms with E-state index in [1.165, 1.54) is 0 Å². The summed E-state index contributed by atoms with van der Waals surface area (Å²) in [5.41, 5.74) is 0. The van der Waals surface area contributed by atoms with E-state index in [9.17, 15) is 5.11 Å². The number of fused-ring (bicyclic) bond motifs is 1. The van der Waals surface area contributed by atoms with Crippen molar-refractivity contribution in [1.82, 2.24) is 10.2 Å². The third-order valence-electron chi connectivity index (χ3n) is 2.14. The van der Waals surface area contributed by atoms with Crippen molar-refractivity contribution >= 4 is 16.6 Å². The molecule has 15 heavy (non-hydrogen) atoms. The van der Waals surface area contributed by atoms with Gasteiger partial charge in [0, 0.05) is 17.3 Å². The van der Waals surface area contributed by atoms with Crippen LogP contribution < -0.4 is 5.32 Å². The lowest BCUT2D eigenvalue weighted by molar-refractivity contribution is 0.208. The molecule has 2 aromatic rings. The Morgan fingerprint density at radius 3 is 3.00 bits per heavy atom. The van der Waals surface area contributed by atoms with Crippen LogP contribution in [0.1, 0.15) is 6.92 Å². The van der Waals surface area contributed by atoms with E-state index in [0.29, 0.717) is 12.4 Å². The van der Waals surface area contributed by atoms with Gasteiger partial charge in [0.1, 0.15) is 0 Å². The van der Waals surface area contributed by atoms with Crippen molar-refractivity contribution in [2.24, 2.45) is 0 Å². The average molecular weight is 203 g/mol. The van der Waals surface area contributed by atoms with Gasteiger partial charge in [-0.3, -0.25) is 0 Å². The second kappa shape index (κ2) is 4.23. The van der Waals surface area contributed by atoms with Crippen LogP contribution in [0.5, 0.6) is 0 Å². The Morgan fingerprint density at radius 1 is 1.40 bits per heavy atom. The van der Waals surface area contributed by atoms with Crippen LogP contribution >= 0.6 is 0 Å². The highest BCUT2D eigenvalue weighted by atomic mass is 16.3. The van der Waals surface area contributed by atoms with Gasteiger partial charge in [0.2, 0.25) is 0 Å².